The molecule has 0 aromatic heterocycles. The number of carbonyl (C=O) groups is 2. The van der Waals surface area contributed by atoms with Crippen molar-refractivity contribution < 1.29 is 19.8 Å². The lowest BCUT2D eigenvalue weighted by Crippen LogP contribution is -2.15. The molecule has 0 aliphatic heterocycles. The van der Waals surface area contributed by atoms with Gasteiger partial charge in [0, 0.05) is 5.69 Å². The van der Waals surface area contributed by atoms with Gasteiger partial charge in [0.25, 0.3) is 0 Å². The summed E-state index contributed by atoms with van der Waals surface area (Å²) in [6, 6.07) is 6.15. The van der Waals surface area contributed by atoms with E-state index in [0.29, 0.717) is 11.3 Å². The Hall–Kier alpha value is -2.04. The highest BCUT2D eigenvalue weighted by atomic mass is 16.4. The Morgan fingerprint density at radius 2 is 1.73 bits per heavy atom. The molecule has 15 heavy (non-hydrogen) atoms. The zero-order chi connectivity index (χ0) is 11.4. The number of hydrogen-bond donors (Lipinski definition) is 3. The van der Waals surface area contributed by atoms with Crippen LogP contribution in [-0.4, -0.2) is 22.2 Å². The number of benzene rings is 1. The number of rotatable bonds is 4. The van der Waals surface area contributed by atoms with E-state index in [2.05, 4.69) is 0 Å². The minimum atomic E-state index is -1.15. The van der Waals surface area contributed by atoms with E-state index in [9.17, 15) is 9.59 Å². The standard InChI is InChI=1S/C10H11NO4/c11-7-3-1-6(2-4-7)8(10(14)15)5-9(12)13/h1-4,8H,5,11H2,(H,12,13)(H,14,15). The van der Waals surface area contributed by atoms with Gasteiger partial charge >= 0.3 is 11.9 Å². The number of carboxylic acid groups (broad SMARTS) is 2. The maximum absolute atomic E-state index is 10.8. The SMILES string of the molecule is Nc1ccc(C(CC(=O)O)C(=O)O)cc1. The molecule has 0 heterocycles. The van der Waals surface area contributed by atoms with Gasteiger partial charge < -0.3 is 15.9 Å². The number of nitrogens with two attached hydrogens (primary N) is 1. The summed E-state index contributed by atoms with van der Waals surface area (Å²) < 4.78 is 0. The van der Waals surface area contributed by atoms with Crippen LogP contribution in [-0.2, 0) is 9.59 Å². The minimum absolute atomic E-state index is 0.431. The first-order valence-corrected chi connectivity index (χ1v) is 4.30. The Balaban J connectivity index is 2.94. The molecule has 4 N–H and O–H groups in total. The molecule has 0 aliphatic carbocycles. The van der Waals surface area contributed by atoms with Crippen molar-refractivity contribution in [1.82, 2.24) is 0 Å². The summed E-state index contributed by atoms with van der Waals surface area (Å²) in [6.45, 7) is 0. The van der Waals surface area contributed by atoms with E-state index in [-0.39, 0.29) is 0 Å². The van der Waals surface area contributed by atoms with Crippen LogP contribution in [0.5, 0.6) is 0 Å². The van der Waals surface area contributed by atoms with Crippen LogP contribution in [0, 0.1) is 0 Å². The lowest BCUT2D eigenvalue weighted by molar-refractivity contribution is -0.145. The second kappa shape index (κ2) is 4.45. The van der Waals surface area contributed by atoms with Gasteiger partial charge in [0.15, 0.2) is 0 Å². The van der Waals surface area contributed by atoms with Crippen LogP contribution in [0.1, 0.15) is 17.9 Å². The number of nitrogen functional groups attached to an aromatic ring is 1. The van der Waals surface area contributed by atoms with E-state index in [1.165, 1.54) is 12.1 Å². The lowest BCUT2D eigenvalue weighted by Gasteiger charge is -2.09. The molecule has 0 spiro atoms. The summed E-state index contributed by atoms with van der Waals surface area (Å²) in [4.78, 5) is 21.3. The first kappa shape index (κ1) is 11.0. The first-order valence-electron chi connectivity index (χ1n) is 4.30. The molecule has 1 atom stereocenters. The van der Waals surface area contributed by atoms with E-state index >= 15 is 0 Å². The molecule has 0 saturated heterocycles. The number of aliphatic carboxylic acids is 2. The van der Waals surface area contributed by atoms with Gasteiger partial charge in [-0.3, -0.25) is 9.59 Å². The van der Waals surface area contributed by atoms with Gasteiger partial charge in [0.1, 0.15) is 0 Å². The number of anilines is 1. The molecule has 1 aromatic carbocycles. The third-order valence-corrected chi connectivity index (χ3v) is 2.02. The highest BCUT2D eigenvalue weighted by molar-refractivity contribution is 5.82. The lowest BCUT2D eigenvalue weighted by atomic mass is 9.96. The summed E-state index contributed by atoms with van der Waals surface area (Å²) in [5.41, 5.74) is 6.40. The quantitative estimate of drug-likeness (QED) is 0.640. The predicted molar refractivity (Wildman–Crippen MR) is 53.5 cm³/mol. The van der Waals surface area contributed by atoms with Gasteiger partial charge in [0.05, 0.1) is 12.3 Å². The molecule has 1 aromatic rings. The van der Waals surface area contributed by atoms with E-state index < -0.39 is 24.3 Å². The average molecular weight is 209 g/mol. The fourth-order valence-electron chi connectivity index (χ4n) is 1.25. The molecular formula is C10H11NO4. The van der Waals surface area contributed by atoms with Crippen LogP contribution in [0.2, 0.25) is 0 Å². The fraction of sp³-hybridized carbons (Fsp3) is 0.200. The van der Waals surface area contributed by atoms with Crippen molar-refractivity contribution in [1.29, 1.82) is 0 Å². The van der Waals surface area contributed by atoms with Crippen molar-refractivity contribution in [3.63, 3.8) is 0 Å². The monoisotopic (exact) mass is 209 g/mol. The maximum atomic E-state index is 10.8. The molecule has 0 aliphatic rings. The normalized spacial score (nSPS) is 12.0. The van der Waals surface area contributed by atoms with E-state index in [1.54, 1.807) is 12.1 Å². The highest BCUT2D eigenvalue weighted by Crippen LogP contribution is 2.21. The summed E-state index contributed by atoms with van der Waals surface area (Å²) in [5, 5.41) is 17.4. The van der Waals surface area contributed by atoms with Crippen LogP contribution in [0.25, 0.3) is 0 Å². The number of hydrogen-bond acceptors (Lipinski definition) is 3. The van der Waals surface area contributed by atoms with E-state index in [4.69, 9.17) is 15.9 Å². The van der Waals surface area contributed by atoms with Gasteiger partial charge in [-0.05, 0) is 17.7 Å². The smallest absolute Gasteiger partial charge is 0.311 e. The van der Waals surface area contributed by atoms with Crippen molar-refractivity contribution in [2.45, 2.75) is 12.3 Å². The molecule has 5 nitrogen and oxygen atoms in total. The van der Waals surface area contributed by atoms with E-state index in [0.717, 1.165) is 0 Å². The molecule has 0 fully saturated rings. The second-order valence-corrected chi connectivity index (χ2v) is 3.16. The predicted octanol–water partition coefficient (Wildman–Crippen LogP) is 0.912. The van der Waals surface area contributed by atoms with Crippen molar-refractivity contribution >= 4 is 17.6 Å². The molecule has 0 amide bonds. The van der Waals surface area contributed by atoms with Gasteiger partial charge in [-0.1, -0.05) is 12.1 Å². The van der Waals surface area contributed by atoms with Crippen molar-refractivity contribution in [3.05, 3.63) is 29.8 Å². The summed E-state index contributed by atoms with van der Waals surface area (Å²) in [6.07, 6.45) is -0.431. The van der Waals surface area contributed by atoms with Gasteiger partial charge in [0.2, 0.25) is 0 Å². The van der Waals surface area contributed by atoms with Gasteiger partial charge in [-0.25, -0.2) is 0 Å². The second-order valence-electron chi connectivity index (χ2n) is 3.16. The minimum Gasteiger partial charge on any atom is -0.481 e. The summed E-state index contributed by atoms with van der Waals surface area (Å²) in [5.74, 6) is -3.32. The zero-order valence-corrected chi connectivity index (χ0v) is 7.88. The average Bonchev–Trinajstić information content (AvgIpc) is 2.15. The van der Waals surface area contributed by atoms with Crippen LogP contribution in [0.15, 0.2) is 24.3 Å². The van der Waals surface area contributed by atoms with E-state index in [1.807, 2.05) is 0 Å². The van der Waals surface area contributed by atoms with Crippen molar-refractivity contribution in [3.8, 4) is 0 Å². The highest BCUT2D eigenvalue weighted by Gasteiger charge is 2.22. The molecule has 0 radical (unpaired) electrons. The largest absolute Gasteiger partial charge is 0.481 e. The van der Waals surface area contributed by atoms with Crippen LogP contribution in [0.3, 0.4) is 0 Å². The Bertz CT molecular complexity index is 372. The first-order chi connectivity index (χ1) is 7.00. The molecule has 1 rings (SSSR count). The molecule has 80 valence electrons. The summed E-state index contributed by atoms with van der Waals surface area (Å²) in [7, 11) is 0. The third-order valence-electron chi connectivity index (χ3n) is 2.02. The Morgan fingerprint density at radius 3 is 2.13 bits per heavy atom. The van der Waals surface area contributed by atoms with Crippen LogP contribution < -0.4 is 5.73 Å². The Morgan fingerprint density at radius 1 is 1.20 bits per heavy atom. The molecular weight excluding hydrogens is 198 g/mol. The van der Waals surface area contributed by atoms with Crippen LogP contribution >= 0.6 is 0 Å². The van der Waals surface area contributed by atoms with Crippen LogP contribution in [0.4, 0.5) is 5.69 Å². The fourth-order valence-corrected chi connectivity index (χ4v) is 1.25. The molecule has 1 unspecified atom stereocenters. The Labute approximate surface area is 86.1 Å². The van der Waals surface area contributed by atoms with Gasteiger partial charge in [-0.15, -0.1) is 0 Å². The molecule has 0 saturated carbocycles. The third kappa shape index (κ3) is 2.98. The zero-order valence-electron chi connectivity index (χ0n) is 7.88. The van der Waals surface area contributed by atoms with Crippen molar-refractivity contribution in [2.75, 3.05) is 5.73 Å². The molecule has 5 heteroatoms. The van der Waals surface area contributed by atoms with Crippen molar-refractivity contribution in [2.24, 2.45) is 0 Å². The summed E-state index contributed by atoms with van der Waals surface area (Å²) >= 11 is 0. The topological polar surface area (TPSA) is 101 Å². The Kier molecular flexibility index (Phi) is 3.28. The molecule has 0 bridgehead atoms. The number of carboxylic acids is 2. The van der Waals surface area contributed by atoms with Gasteiger partial charge in [-0.2, -0.15) is 0 Å². The maximum Gasteiger partial charge on any atom is 0.311 e.